The molecule has 3 fully saturated rings. The van der Waals surface area contributed by atoms with E-state index < -0.39 is 0 Å². The summed E-state index contributed by atoms with van der Waals surface area (Å²) in [7, 11) is 0. The molecule has 3 heteroatoms. The molecule has 0 saturated carbocycles. The molecule has 4 atom stereocenters. The number of hydrogen-bond acceptors (Lipinski definition) is 3. The molecule has 0 amide bonds. The number of rotatable bonds is 1. The molecule has 0 aromatic carbocycles. The first kappa shape index (κ1) is 10.1. The lowest BCUT2D eigenvalue weighted by atomic mass is 9.74. The Morgan fingerprint density at radius 1 is 1.00 bits per heavy atom. The number of nitrogens with two attached hydrogens (primary N) is 1. The van der Waals surface area contributed by atoms with E-state index in [1.807, 2.05) is 0 Å². The van der Waals surface area contributed by atoms with Crippen molar-refractivity contribution in [1.82, 2.24) is 10.6 Å². The smallest absolute Gasteiger partial charge is 0.0116 e. The Morgan fingerprint density at radius 3 is 2.60 bits per heavy atom. The predicted molar refractivity (Wildman–Crippen MR) is 61.6 cm³/mol. The summed E-state index contributed by atoms with van der Waals surface area (Å²) in [5.74, 6) is 1.63. The molecule has 2 bridgehead atoms. The third-order valence-corrected chi connectivity index (χ3v) is 4.72. The van der Waals surface area contributed by atoms with Crippen molar-refractivity contribution in [2.24, 2.45) is 17.6 Å². The van der Waals surface area contributed by atoms with Crippen LogP contribution >= 0.6 is 0 Å². The van der Waals surface area contributed by atoms with E-state index in [0.29, 0.717) is 6.04 Å². The van der Waals surface area contributed by atoms with Crippen molar-refractivity contribution in [3.8, 4) is 0 Å². The molecule has 4 unspecified atom stereocenters. The van der Waals surface area contributed by atoms with E-state index in [0.717, 1.165) is 23.9 Å². The first-order valence-corrected chi connectivity index (χ1v) is 6.57. The number of nitrogens with one attached hydrogen (secondary N) is 2. The molecule has 3 nitrogen and oxygen atoms in total. The number of piperidine rings is 2. The first-order valence-electron chi connectivity index (χ1n) is 6.57. The molecule has 3 saturated heterocycles. The second-order valence-electron chi connectivity index (χ2n) is 5.61. The Morgan fingerprint density at radius 2 is 1.80 bits per heavy atom. The molecule has 3 heterocycles. The van der Waals surface area contributed by atoms with E-state index in [2.05, 4.69) is 10.6 Å². The Labute approximate surface area is 92.2 Å². The molecule has 4 N–H and O–H groups in total. The lowest BCUT2D eigenvalue weighted by molar-refractivity contribution is 0.147. The van der Waals surface area contributed by atoms with Crippen LogP contribution in [-0.2, 0) is 0 Å². The lowest BCUT2D eigenvalue weighted by Gasteiger charge is -2.42. The van der Waals surface area contributed by atoms with Gasteiger partial charge in [-0.2, -0.15) is 0 Å². The summed E-state index contributed by atoms with van der Waals surface area (Å²) < 4.78 is 0. The van der Waals surface area contributed by atoms with Crippen LogP contribution in [0.25, 0.3) is 0 Å². The largest absolute Gasteiger partial charge is 0.327 e. The minimum atomic E-state index is 0.465. The van der Waals surface area contributed by atoms with Gasteiger partial charge >= 0.3 is 0 Å². The highest BCUT2D eigenvalue weighted by molar-refractivity contribution is 5.02. The Bertz CT molecular complexity index is 225. The third-order valence-electron chi connectivity index (χ3n) is 4.72. The highest BCUT2D eigenvalue weighted by Crippen LogP contribution is 2.37. The SMILES string of the molecule is NC1CC2CCC(N2)C1C1CCNCC1. The van der Waals surface area contributed by atoms with Crippen LogP contribution in [0.5, 0.6) is 0 Å². The van der Waals surface area contributed by atoms with Gasteiger partial charge in [-0.3, -0.25) is 0 Å². The third kappa shape index (κ3) is 1.81. The summed E-state index contributed by atoms with van der Waals surface area (Å²) in [6, 6.07) is 1.94. The number of hydrogen-bond donors (Lipinski definition) is 3. The van der Waals surface area contributed by atoms with Gasteiger partial charge in [-0.05, 0) is 57.0 Å². The maximum Gasteiger partial charge on any atom is 0.0116 e. The van der Waals surface area contributed by atoms with Crippen LogP contribution in [0.1, 0.15) is 32.1 Å². The summed E-state index contributed by atoms with van der Waals surface area (Å²) in [6.45, 7) is 2.40. The maximum atomic E-state index is 6.37. The fourth-order valence-electron chi connectivity index (χ4n) is 4.03. The molecule has 0 aromatic heterocycles. The van der Waals surface area contributed by atoms with Gasteiger partial charge < -0.3 is 16.4 Å². The van der Waals surface area contributed by atoms with E-state index >= 15 is 0 Å². The van der Waals surface area contributed by atoms with Crippen LogP contribution in [0.15, 0.2) is 0 Å². The van der Waals surface area contributed by atoms with Gasteiger partial charge in [0.05, 0.1) is 0 Å². The van der Waals surface area contributed by atoms with Crippen LogP contribution in [0.4, 0.5) is 0 Å². The van der Waals surface area contributed by atoms with E-state index in [4.69, 9.17) is 5.73 Å². The topological polar surface area (TPSA) is 50.1 Å². The Hall–Kier alpha value is -0.120. The second-order valence-corrected chi connectivity index (χ2v) is 5.61. The van der Waals surface area contributed by atoms with Gasteiger partial charge in [-0.25, -0.2) is 0 Å². The minimum absolute atomic E-state index is 0.465. The van der Waals surface area contributed by atoms with Gasteiger partial charge in [-0.15, -0.1) is 0 Å². The van der Waals surface area contributed by atoms with Crippen LogP contribution < -0.4 is 16.4 Å². The second kappa shape index (κ2) is 4.04. The fourth-order valence-corrected chi connectivity index (χ4v) is 4.03. The molecule has 3 rings (SSSR count). The summed E-state index contributed by atoms with van der Waals surface area (Å²) in [4.78, 5) is 0. The van der Waals surface area contributed by atoms with Gasteiger partial charge in [0.1, 0.15) is 0 Å². The average Bonchev–Trinajstić information content (AvgIpc) is 2.62. The number of fused-ring (bicyclic) bond motifs is 2. The molecule has 86 valence electrons. The van der Waals surface area contributed by atoms with Gasteiger partial charge in [0.15, 0.2) is 0 Å². The van der Waals surface area contributed by atoms with Gasteiger partial charge in [0, 0.05) is 18.1 Å². The highest BCUT2D eigenvalue weighted by atomic mass is 15.0. The molecule has 15 heavy (non-hydrogen) atoms. The molecular weight excluding hydrogens is 186 g/mol. The summed E-state index contributed by atoms with van der Waals surface area (Å²) in [6.07, 6.45) is 6.61. The molecule has 0 aliphatic carbocycles. The zero-order valence-corrected chi connectivity index (χ0v) is 9.41. The van der Waals surface area contributed by atoms with E-state index in [1.165, 1.54) is 45.2 Å². The van der Waals surface area contributed by atoms with Crippen molar-refractivity contribution in [3.05, 3.63) is 0 Å². The molecule has 0 aromatic rings. The predicted octanol–water partition coefficient (Wildman–Crippen LogP) is 0.454. The fraction of sp³-hybridized carbons (Fsp3) is 1.00. The Balaban J connectivity index is 1.71. The van der Waals surface area contributed by atoms with Crippen molar-refractivity contribution >= 4 is 0 Å². The normalized spacial score (nSPS) is 47.0. The van der Waals surface area contributed by atoms with Gasteiger partial charge in [-0.1, -0.05) is 0 Å². The molecule has 3 aliphatic rings. The van der Waals surface area contributed by atoms with Crippen LogP contribution in [-0.4, -0.2) is 31.2 Å². The Kier molecular flexibility index (Phi) is 2.71. The van der Waals surface area contributed by atoms with Crippen molar-refractivity contribution in [3.63, 3.8) is 0 Å². The van der Waals surface area contributed by atoms with Crippen molar-refractivity contribution in [2.45, 2.75) is 50.2 Å². The van der Waals surface area contributed by atoms with Crippen molar-refractivity contribution in [1.29, 1.82) is 0 Å². The quantitative estimate of drug-likeness (QED) is 0.588. The molecular formula is C12H23N3. The summed E-state index contributed by atoms with van der Waals surface area (Å²) in [5, 5.41) is 7.22. The summed E-state index contributed by atoms with van der Waals surface area (Å²) >= 11 is 0. The van der Waals surface area contributed by atoms with Gasteiger partial charge in [0.25, 0.3) is 0 Å². The zero-order chi connectivity index (χ0) is 10.3. The van der Waals surface area contributed by atoms with Crippen LogP contribution in [0, 0.1) is 11.8 Å². The van der Waals surface area contributed by atoms with Crippen molar-refractivity contribution < 1.29 is 0 Å². The standard InChI is InChI=1S/C12H23N3/c13-10-7-9-1-2-11(15-9)12(10)8-3-5-14-6-4-8/h8-12,14-15H,1-7,13H2. The zero-order valence-electron chi connectivity index (χ0n) is 9.41. The molecule has 3 aliphatic heterocycles. The van der Waals surface area contributed by atoms with Gasteiger partial charge in [0.2, 0.25) is 0 Å². The highest BCUT2D eigenvalue weighted by Gasteiger charge is 2.43. The first-order chi connectivity index (χ1) is 7.34. The molecule has 0 radical (unpaired) electrons. The lowest BCUT2D eigenvalue weighted by Crippen LogP contribution is -2.55. The van der Waals surface area contributed by atoms with Crippen LogP contribution in [0.2, 0.25) is 0 Å². The monoisotopic (exact) mass is 209 g/mol. The van der Waals surface area contributed by atoms with Crippen molar-refractivity contribution in [2.75, 3.05) is 13.1 Å². The van der Waals surface area contributed by atoms with Crippen LogP contribution in [0.3, 0.4) is 0 Å². The van der Waals surface area contributed by atoms with E-state index in [-0.39, 0.29) is 0 Å². The van der Waals surface area contributed by atoms with E-state index in [1.54, 1.807) is 0 Å². The average molecular weight is 209 g/mol. The minimum Gasteiger partial charge on any atom is -0.327 e. The van der Waals surface area contributed by atoms with E-state index in [9.17, 15) is 0 Å². The molecule has 0 spiro atoms. The maximum absolute atomic E-state index is 6.37. The summed E-state index contributed by atoms with van der Waals surface area (Å²) in [5.41, 5.74) is 6.37.